The van der Waals surface area contributed by atoms with Gasteiger partial charge in [-0.2, -0.15) is 0 Å². The number of nitrogens with two attached hydrogens (primary N) is 1. The van der Waals surface area contributed by atoms with Crippen LogP contribution in [0.4, 0.5) is 0 Å². The lowest BCUT2D eigenvalue weighted by Crippen LogP contribution is -2.50. The summed E-state index contributed by atoms with van der Waals surface area (Å²) in [6.45, 7) is 8.90. The third kappa shape index (κ3) is 2.44. The Morgan fingerprint density at radius 3 is 1.92 bits per heavy atom. The van der Waals surface area contributed by atoms with Gasteiger partial charge < -0.3 is 10.8 Å². The quantitative estimate of drug-likeness (QED) is 0.670. The third-order valence-electron chi connectivity index (χ3n) is 3.60. The topological polar surface area (TPSA) is 46.2 Å². The van der Waals surface area contributed by atoms with Gasteiger partial charge in [0.2, 0.25) is 0 Å². The minimum atomic E-state index is -0.578. The second-order valence-corrected chi connectivity index (χ2v) is 4.25. The van der Waals surface area contributed by atoms with Crippen LogP contribution in [0.15, 0.2) is 0 Å². The summed E-state index contributed by atoms with van der Waals surface area (Å²) in [6, 6.07) is 0. The molecule has 0 aliphatic heterocycles. The molecule has 0 aliphatic rings. The van der Waals surface area contributed by atoms with Gasteiger partial charge in [-0.25, -0.2) is 0 Å². The number of hydrogen-bond acceptors (Lipinski definition) is 2. The summed E-state index contributed by atoms with van der Waals surface area (Å²) in [5, 5.41) is 10.5. The fourth-order valence-electron chi connectivity index (χ4n) is 1.98. The summed E-state index contributed by atoms with van der Waals surface area (Å²) in [7, 11) is 0. The Labute approximate surface area is 82.5 Å². The van der Waals surface area contributed by atoms with E-state index in [1.807, 2.05) is 6.92 Å². The first-order valence-corrected chi connectivity index (χ1v) is 5.42. The zero-order valence-corrected chi connectivity index (χ0v) is 9.56. The van der Waals surface area contributed by atoms with Crippen LogP contribution in [-0.2, 0) is 0 Å². The third-order valence-corrected chi connectivity index (χ3v) is 3.60. The van der Waals surface area contributed by atoms with Crippen molar-refractivity contribution in [3.05, 3.63) is 0 Å². The molecule has 0 spiro atoms. The number of aliphatic hydroxyl groups is 1. The van der Waals surface area contributed by atoms with Crippen molar-refractivity contribution in [2.75, 3.05) is 6.54 Å². The lowest BCUT2D eigenvalue weighted by molar-refractivity contribution is -0.0835. The van der Waals surface area contributed by atoms with Gasteiger partial charge in [0, 0.05) is 12.0 Å². The van der Waals surface area contributed by atoms with Gasteiger partial charge >= 0.3 is 0 Å². The van der Waals surface area contributed by atoms with Crippen LogP contribution in [-0.4, -0.2) is 17.3 Å². The van der Waals surface area contributed by atoms with Crippen LogP contribution in [0.25, 0.3) is 0 Å². The SMILES string of the molecule is CCCC(O)(CC)C(C)(CC)CN. The molecule has 0 saturated heterocycles. The summed E-state index contributed by atoms with van der Waals surface area (Å²) >= 11 is 0. The van der Waals surface area contributed by atoms with Crippen LogP contribution < -0.4 is 5.73 Å². The molecule has 13 heavy (non-hydrogen) atoms. The maximum Gasteiger partial charge on any atom is 0.0710 e. The van der Waals surface area contributed by atoms with Crippen molar-refractivity contribution in [1.29, 1.82) is 0 Å². The predicted molar refractivity (Wildman–Crippen MR) is 57.6 cm³/mol. The highest BCUT2D eigenvalue weighted by Crippen LogP contribution is 2.39. The van der Waals surface area contributed by atoms with E-state index in [9.17, 15) is 5.11 Å². The summed E-state index contributed by atoms with van der Waals surface area (Å²) < 4.78 is 0. The lowest BCUT2D eigenvalue weighted by atomic mass is 9.68. The molecule has 3 N–H and O–H groups in total. The van der Waals surface area contributed by atoms with Crippen molar-refractivity contribution < 1.29 is 5.11 Å². The van der Waals surface area contributed by atoms with Crippen molar-refractivity contribution >= 4 is 0 Å². The molecule has 80 valence electrons. The van der Waals surface area contributed by atoms with Crippen molar-refractivity contribution in [3.8, 4) is 0 Å². The average molecular weight is 187 g/mol. The van der Waals surface area contributed by atoms with E-state index in [1.54, 1.807) is 0 Å². The van der Waals surface area contributed by atoms with Crippen LogP contribution >= 0.6 is 0 Å². The van der Waals surface area contributed by atoms with E-state index in [-0.39, 0.29) is 5.41 Å². The largest absolute Gasteiger partial charge is 0.389 e. The smallest absolute Gasteiger partial charge is 0.0710 e. The van der Waals surface area contributed by atoms with Gasteiger partial charge in [-0.3, -0.25) is 0 Å². The highest BCUT2D eigenvalue weighted by molar-refractivity contribution is 4.94. The van der Waals surface area contributed by atoms with Crippen molar-refractivity contribution in [2.24, 2.45) is 11.1 Å². The molecule has 2 unspecified atom stereocenters. The first kappa shape index (κ1) is 12.9. The van der Waals surface area contributed by atoms with Crippen LogP contribution in [0.3, 0.4) is 0 Å². The number of hydrogen-bond donors (Lipinski definition) is 2. The van der Waals surface area contributed by atoms with Crippen LogP contribution in [0.2, 0.25) is 0 Å². The standard InChI is InChI=1S/C11H25NO/c1-5-8-11(13,7-3)10(4,6-2)9-12/h13H,5-9,12H2,1-4H3. The summed E-state index contributed by atoms with van der Waals surface area (Å²) in [6.07, 6.45) is 3.60. The molecule has 2 nitrogen and oxygen atoms in total. The molecule has 0 aromatic rings. The van der Waals surface area contributed by atoms with E-state index in [2.05, 4.69) is 20.8 Å². The Kier molecular flexibility index (Phi) is 4.93. The molecule has 0 saturated carbocycles. The van der Waals surface area contributed by atoms with Gasteiger partial charge in [0.15, 0.2) is 0 Å². The van der Waals surface area contributed by atoms with E-state index < -0.39 is 5.60 Å². The maximum absolute atomic E-state index is 10.5. The Balaban J connectivity index is 4.68. The zero-order chi connectivity index (χ0) is 10.5. The zero-order valence-electron chi connectivity index (χ0n) is 9.56. The molecular weight excluding hydrogens is 162 g/mol. The minimum absolute atomic E-state index is 0.127. The molecule has 0 aliphatic carbocycles. The van der Waals surface area contributed by atoms with Crippen LogP contribution in [0, 0.1) is 5.41 Å². The van der Waals surface area contributed by atoms with Gasteiger partial charge in [0.1, 0.15) is 0 Å². The van der Waals surface area contributed by atoms with Gasteiger partial charge in [0.05, 0.1) is 5.60 Å². The molecule has 2 heteroatoms. The fourth-order valence-corrected chi connectivity index (χ4v) is 1.98. The van der Waals surface area contributed by atoms with Crippen molar-refractivity contribution in [1.82, 2.24) is 0 Å². The van der Waals surface area contributed by atoms with Crippen LogP contribution in [0.5, 0.6) is 0 Å². The predicted octanol–water partition coefficient (Wildman–Crippen LogP) is 2.30. The molecule has 0 radical (unpaired) electrons. The minimum Gasteiger partial charge on any atom is -0.389 e. The Bertz CT molecular complexity index is 143. The van der Waals surface area contributed by atoms with E-state index >= 15 is 0 Å². The number of rotatable bonds is 6. The van der Waals surface area contributed by atoms with E-state index in [1.165, 1.54) is 0 Å². The highest BCUT2D eigenvalue weighted by atomic mass is 16.3. The summed E-state index contributed by atoms with van der Waals surface area (Å²) in [5.74, 6) is 0. The van der Waals surface area contributed by atoms with E-state index in [0.717, 1.165) is 25.7 Å². The summed E-state index contributed by atoms with van der Waals surface area (Å²) in [5.41, 5.74) is 5.04. The molecule has 0 aromatic carbocycles. The molecule has 0 heterocycles. The highest BCUT2D eigenvalue weighted by Gasteiger charge is 2.42. The summed E-state index contributed by atoms with van der Waals surface area (Å²) in [4.78, 5) is 0. The van der Waals surface area contributed by atoms with Crippen LogP contribution in [0.1, 0.15) is 53.4 Å². The second-order valence-electron chi connectivity index (χ2n) is 4.25. The Morgan fingerprint density at radius 2 is 1.69 bits per heavy atom. The average Bonchev–Trinajstić information content (AvgIpc) is 2.16. The van der Waals surface area contributed by atoms with Crippen molar-refractivity contribution in [3.63, 3.8) is 0 Å². The monoisotopic (exact) mass is 187 g/mol. The molecule has 0 fully saturated rings. The molecule has 2 atom stereocenters. The van der Waals surface area contributed by atoms with E-state index in [0.29, 0.717) is 6.54 Å². The van der Waals surface area contributed by atoms with E-state index in [4.69, 9.17) is 5.73 Å². The second kappa shape index (κ2) is 4.97. The normalized spacial score (nSPS) is 20.8. The van der Waals surface area contributed by atoms with Gasteiger partial charge in [-0.05, 0) is 19.3 Å². The first-order valence-electron chi connectivity index (χ1n) is 5.42. The molecule has 0 amide bonds. The van der Waals surface area contributed by atoms with Gasteiger partial charge in [-0.15, -0.1) is 0 Å². The van der Waals surface area contributed by atoms with Crippen molar-refractivity contribution in [2.45, 2.75) is 59.0 Å². The Hall–Kier alpha value is -0.0800. The molecular formula is C11H25NO. The Morgan fingerprint density at radius 1 is 1.15 bits per heavy atom. The molecule has 0 aromatic heterocycles. The molecule has 0 bridgehead atoms. The lowest BCUT2D eigenvalue weighted by Gasteiger charge is -2.44. The van der Waals surface area contributed by atoms with Gasteiger partial charge in [-0.1, -0.05) is 34.1 Å². The molecule has 0 rings (SSSR count). The maximum atomic E-state index is 10.5. The van der Waals surface area contributed by atoms with Gasteiger partial charge in [0.25, 0.3) is 0 Å². The first-order chi connectivity index (χ1) is 5.99. The fraction of sp³-hybridized carbons (Fsp3) is 1.00.